The number of nitrogens with one attached hydrogen (secondary N) is 2. The molecule has 1 heterocycles. The molecule has 2 N–H and O–H groups in total. The van der Waals surface area contributed by atoms with Gasteiger partial charge in [0.1, 0.15) is 11.4 Å². The molecule has 2 aromatic carbocycles. The topological polar surface area (TPSA) is 144 Å². The van der Waals surface area contributed by atoms with Crippen molar-refractivity contribution in [1.82, 2.24) is 0 Å². The van der Waals surface area contributed by atoms with Crippen molar-refractivity contribution in [2.75, 3.05) is 10.6 Å². The van der Waals surface area contributed by atoms with Crippen LogP contribution in [-0.4, -0.2) is 27.5 Å². The lowest BCUT2D eigenvalue weighted by Crippen LogP contribution is -2.12. The lowest BCUT2D eigenvalue weighted by molar-refractivity contribution is -0.384. The highest BCUT2D eigenvalue weighted by Gasteiger charge is 2.28. The Bertz CT molecular complexity index is 1040. The number of hydrogen-bond acceptors (Lipinski definition) is 6. The zero-order valence-electron chi connectivity index (χ0n) is 15.5. The van der Waals surface area contributed by atoms with Gasteiger partial charge in [-0.25, -0.2) is 0 Å². The molecule has 10 nitrogen and oxygen atoms in total. The molecule has 3 rings (SSSR count). The number of carbonyl (C=O) groups excluding carboxylic acids is 2. The molecule has 0 aliphatic carbocycles. The predicted molar refractivity (Wildman–Crippen MR) is 109 cm³/mol. The fraction of sp³-hybridized carbons (Fsp3) is 0.167. The molecule has 2 aromatic rings. The van der Waals surface area contributed by atoms with Crippen molar-refractivity contribution in [3.05, 3.63) is 55.6 Å². The van der Waals surface area contributed by atoms with E-state index in [9.17, 15) is 29.8 Å². The van der Waals surface area contributed by atoms with Crippen molar-refractivity contribution in [3.8, 4) is 0 Å². The summed E-state index contributed by atoms with van der Waals surface area (Å²) in [6.45, 7) is 2.50. The Kier molecular flexibility index (Phi) is 5.16. The van der Waals surface area contributed by atoms with Gasteiger partial charge < -0.3 is 10.6 Å². The van der Waals surface area contributed by atoms with Crippen LogP contribution in [0.1, 0.15) is 25.0 Å². The maximum atomic E-state index is 11.4. The van der Waals surface area contributed by atoms with Gasteiger partial charge in [-0.2, -0.15) is 0 Å². The second-order valence-corrected chi connectivity index (χ2v) is 8.06. The van der Waals surface area contributed by atoms with Crippen LogP contribution in [0.4, 0.5) is 22.7 Å². The quantitative estimate of drug-likeness (QED) is 0.379. The number of hydrogen-bond donors (Lipinski definition) is 2. The van der Waals surface area contributed by atoms with Gasteiger partial charge in [-0.15, -0.1) is 10.5 Å². The summed E-state index contributed by atoms with van der Waals surface area (Å²) in [6.07, 6.45) is 0.228. The first-order valence-corrected chi connectivity index (χ1v) is 9.69. The van der Waals surface area contributed by atoms with Gasteiger partial charge in [0.2, 0.25) is 11.8 Å². The molecule has 0 bridgehead atoms. The Morgan fingerprint density at radius 2 is 1.28 bits per heavy atom. The molecule has 0 radical (unpaired) electrons. The SMILES string of the molecule is C=S1c2cc(NC(C)=O)c([N+](=O)[O-])cc2Cc2cc([N+](=O)[O-])c(NC(C)=O)cc21. The maximum Gasteiger partial charge on any atom is 0.293 e. The zero-order chi connectivity index (χ0) is 21.5. The van der Waals surface area contributed by atoms with Crippen LogP contribution in [0.5, 0.6) is 0 Å². The molecule has 1 aliphatic heterocycles. The van der Waals surface area contributed by atoms with Crippen molar-refractivity contribution in [2.24, 2.45) is 0 Å². The van der Waals surface area contributed by atoms with Crippen LogP contribution in [0.25, 0.3) is 0 Å². The maximum absolute atomic E-state index is 11.4. The minimum atomic E-state index is -0.831. The molecule has 150 valence electrons. The highest BCUT2D eigenvalue weighted by Crippen LogP contribution is 2.49. The highest BCUT2D eigenvalue weighted by atomic mass is 32.2. The summed E-state index contributed by atoms with van der Waals surface area (Å²) in [7, 11) is -0.831. The number of benzene rings is 2. The second kappa shape index (κ2) is 7.43. The monoisotopic (exact) mass is 416 g/mol. The smallest absolute Gasteiger partial charge is 0.293 e. The largest absolute Gasteiger partial charge is 0.321 e. The Morgan fingerprint density at radius 3 is 1.59 bits per heavy atom. The Hall–Kier alpha value is -3.60. The van der Waals surface area contributed by atoms with Gasteiger partial charge in [-0.05, 0) is 23.3 Å². The van der Waals surface area contributed by atoms with E-state index in [0.29, 0.717) is 20.9 Å². The number of anilines is 2. The van der Waals surface area contributed by atoms with E-state index in [-0.39, 0.29) is 29.2 Å². The molecule has 11 heteroatoms. The van der Waals surface area contributed by atoms with Gasteiger partial charge in [0, 0.05) is 42.2 Å². The summed E-state index contributed by atoms with van der Waals surface area (Å²) >= 11 is 0. The standard InChI is InChI=1S/C18H16N4O6S/c1-9(23)19-13-7-17-11(5-15(13)21(25)26)4-12-6-16(22(27)28)14(20-10(2)24)8-18(12)29(17)3/h5-8H,3-4H2,1-2H3,(H,19,23)(H,20,24). The van der Waals surface area contributed by atoms with Crippen LogP contribution in [0.15, 0.2) is 34.1 Å². The van der Waals surface area contributed by atoms with E-state index in [1.54, 1.807) is 0 Å². The van der Waals surface area contributed by atoms with Crippen LogP contribution >= 0.6 is 10.5 Å². The Labute approximate surface area is 167 Å². The van der Waals surface area contributed by atoms with Crippen LogP contribution in [0, 0.1) is 20.2 Å². The van der Waals surface area contributed by atoms with Gasteiger partial charge >= 0.3 is 0 Å². The van der Waals surface area contributed by atoms with E-state index in [0.717, 1.165) is 0 Å². The molecule has 29 heavy (non-hydrogen) atoms. The molecular weight excluding hydrogens is 400 g/mol. The number of fused-ring (bicyclic) bond motifs is 2. The minimum absolute atomic E-state index is 0.0647. The lowest BCUT2D eigenvalue weighted by atomic mass is 10.0. The first-order chi connectivity index (χ1) is 13.6. The van der Waals surface area contributed by atoms with Crippen molar-refractivity contribution >= 4 is 50.9 Å². The molecule has 1 aliphatic rings. The van der Waals surface area contributed by atoms with E-state index >= 15 is 0 Å². The third kappa shape index (κ3) is 3.85. The number of nitrogens with zero attached hydrogens (tertiary/aromatic N) is 2. The first kappa shape index (κ1) is 20.1. The van der Waals surface area contributed by atoms with Crippen molar-refractivity contribution in [1.29, 1.82) is 0 Å². The molecule has 2 amide bonds. The number of carbonyl (C=O) groups is 2. The fourth-order valence-electron chi connectivity index (χ4n) is 3.16. The molecule has 0 aromatic heterocycles. The lowest BCUT2D eigenvalue weighted by Gasteiger charge is -2.24. The average molecular weight is 416 g/mol. The average Bonchev–Trinajstić information content (AvgIpc) is 2.60. The van der Waals surface area contributed by atoms with E-state index < -0.39 is 32.1 Å². The normalized spacial score (nSPS) is 12.5. The minimum Gasteiger partial charge on any atom is -0.321 e. The van der Waals surface area contributed by atoms with Gasteiger partial charge in [0.15, 0.2) is 0 Å². The van der Waals surface area contributed by atoms with E-state index in [1.165, 1.54) is 38.1 Å². The van der Waals surface area contributed by atoms with Crippen molar-refractivity contribution in [3.63, 3.8) is 0 Å². The summed E-state index contributed by atoms with van der Waals surface area (Å²) in [5.41, 5.74) is 0.827. The zero-order valence-corrected chi connectivity index (χ0v) is 16.3. The summed E-state index contributed by atoms with van der Waals surface area (Å²) in [6, 6.07) is 5.77. The fourth-order valence-corrected chi connectivity index (χ4v) is 4.82. The van der Waals surface area contributed by atoms with Crippen molar-refractivity contribution < 1.29 is 19.4 Å². The van der Waals surface area contributed by atoms with Crippen LogP contribution < -0.4 is 10.6 Å². The summed E-state index contributed by atoms with van der Waals surface area (Å²) in [4.78, 5) is 45.9. The number of rotatable bonds is 4. The summed E-state index contributed by atoms with van der Waals surface area (Å²) < 4.78 is 0. The van der Waals surface area contributed by atoms with Crippen LogP contribution in [-0.2, 0) is 16.0 Å². The number of amides is 2. The summed E-state index contributed by atoms with van der Waals surface area (Å²) in [5, 5.41) is 27.8. The molecular formula is C18H16N4O6S. The highest BCUT2D eigenvalue weighted by molar-refractivity contribution is 8.14. The molecule has 0 fully saturated rings. The molecule has 0 unspecified atom stereocenters. The Balaban J connectivity index is 2.18. The van der Waals surface area contributed by atoms with Gasteiger partial charge in [-0.1, -0.05) is 5.87 Å². The molecule has 0 saturated heterocycles. The van der Waals surface area contributed by atoms with E-state index in [2.05, 4.69) is 16.5 Å². The van der Waals surface area contributed by atoms with Crippen LogP contribution in [0.3, 0.4) is 0 Å². The Morgan fingerprint density at radius 1 is 0.897 bits per heavy atom. The predicted octanol–water partition coefficient (Wildman–Crippen LogP) is 3.44. The van der Waals surface area contributed by atoms with Crippen LogP contribution in [0.2, 0.25) is 0 Å². The first-order valence-electron chi connectivity index (χ1n) is 8.30. The molecule has 0 spiro atoms. The third-order valence-electron chi connectivity index (χ3n) is 4.28. The van der Waals surface area contributed by atoms with Gasteiger partial charge in [-0.3, -0.25) is 29.8 Å². The number of nitro groups is 2. The number of nitro benzene ring substituents is 2. The third-order valence-corrected chi connectivity index (χ3v) is 6.11. The van der Waals surface area contributed by atoms with Gasteiger partial charge in [0.05, 0.1) is 9.85 Å². The molecule has 0 saturated carbocycles. The van der Waals surface area contributed by atoms with Gasteiger partial charge in [0.25, 0.3) is 11.4 Å². The van der Waals surface area contributed by atoms with E-state index in [1.807, 2.05) is 0 Å². The van der Waals surface area contributed by atoms with E-state index in [4.69, 9.17) is 0 Å². The summed E-state index contributed by atoms with van der Waals surface area (Å²) in [5.74, 6) is 3.24. The van der Waals surface area contributed by atoms with Crippen molar-refractivity contribution in [2.45, 2.75) is 30.1 Å². The molecule has 0 atom stereocenters. The second-order valence-electron chi connectivity index (χ2n) is 6.40.